The Bertz CT molecular complexity index is 839. The Morgan fingerprint density at radius 1 is 1.26 bits per heavy atom. The molecule has 1 aromatic carbocycles. The van der Waals surface area contributed by atoms with Crippen molar-refractivity contribution < 1.29 is 26.1 Å². The molecule has 1 fully saturated rings. The van der Waals surface area contributed by atoms with Crippen LogP contribution in [0.2, 0.25) is 0 Å². The standard InChI is InChI=1S/C11H14FN3O6S2/c12-8-4-9(15(16)17)6-11(5-8)23(20,21)14-3-1-2-10(7-14)22(13,18)19/h4-6,10H,1-3,7H2,(H2,13,18,19)/t10-/m1/s1. The summed E-state index contributed by atoms with van der Waals surface area (Å²) < 4.78 is 62.1. The van der Waals surface area contributed by atoms with Crippen LogP contribution in [-0.2, 0) is 20.0 Å². The molecule has 0 aromatic heterocycles. The zero-order valence-corrected chi connectivity index (χ0v) is 13.4. The molecule has 1 atom stereocenters. The summed E-state index contributed by atoms with van der Waals surface area (Å²) in [7, 11) is -8.18. The van der Waals surface area contributed by atoms with Crippen molar-refractivity contribution in [3.63, 3.8) is 0 Å². The highest BCUT2D eigenvalue weighted by Crippen LogP contribution is 2.26. The molecule has 1 heterocycles. The van der Waals surface area contributed by atoms with Crippen molar-refractivity contribution in [3.8, 4) is 0 Å². The van der Waals surface area contributed by atoms with Gasteiger partial charge in [0, 0.05) is 19.2 Å². The third kappa shape index (κ3) is 3.83. The van der Waals surface area contributed by atoms with E-state index in [1.54, 1.807) is 0 Å². The summed E-state index contributed by atoms with van der Waals surface area (Å²) in [4.78, 5) is 9.22. The molecule has 2 N–H and O–H groups in total. The molecule has 9 nitrogen and oxygen atoms in total. The highest BCUT2D eigenvalue weighted by Gasteiger charge is 2.35. The van der Waals surface area contributed by atoms with Gasteiger partial charge in [-0.2, -0.15) is 4.31 Å². The lowest BCUT2D eigenvalue weighted by molar-refractivity contribution is -0.385. The average Bonchev–Trinajstić information content (AvgIpc) is 2.45. The Morgan fingerprint density at radius 3 is 2.48 bits per heavy atom. The predicted molar refractivity (Wildman–Crippen MR) is 77.9 cm³/mol. The first-order valence-electron chi connectivity index (χ1n) is 6.48. The van der Waals surface area contributed by atoms with E-state index in [4.69, 9.17) is 5.14 Å². The number of piperidine rings is 1. The Morgan fingerprint density at radius 2 is 1.91 bits per heavy atom. The van der Waals surface area contributed by atoms with Crippen LogP contribution in [0.15, 0.2) is 23.1 Å². The number of hydrogen-bond donors (Lipinski definition) is 1. The molecule has 1 aromatic rings. The second-order valence-corrected chi connectivity index (χ2v) is 8.90. The Hall–Kier alpha value is -1.63. The number of hydrogen-bond acceptors (Lipinski definition) is 6. The first-order valence-corrected chi connectivity index (χ1v) is 9.53. The predicted octanol–water partition coefficient (Wildman–Crippen LogP) is 0.176. The van der Waals surface area contributed by atoms with E-state index in [9.17, 15) is 31.3 Å². The minimum atomic E-state index is -4.26. The van der Waals surface area contributed by atoms with Gasteiger partial charge in [0.05, 0.1) is 21.1 Å². The lowest BCUT2D eigenvalue weighted by Crippen LogP contribution is -2.46. The lowest BCUT2D eigenvalue weighted by Gasteiger charge is -2.30. The quantitative estimate of drug-likeness (QED) is 0.594. The smallest absolute Gasteiger partial charge is 0.258 e. The fraction of sp³-hybridized carbons (Fsp3) is 0.455. The van der Waals surface area contributed by atoms with E-state index in [0.717, 1.165) is 10.4 Å². The zero-order chi connectivity index (χ0) is 17.4. The number of nitrogens with zero attached hydrogens (tertiary/aromatic N) is 2. The molecule has 0 bridgehead atoms. The summed E-state index contributed by atoms with van der Waals surface area (Å²) in [6.45, 7) is -0.343. The fourth-order valence-corrected chi connectivity index (χ4v) is 4.90. The van der Waals surface area contributed by atoms with Crippen molar-refractivity contribution in [2.24, 2.45) is 5.14 Å². The molecule has 0 aliphatic carbocycles. The molecule has 0 amide bonds. The summed E-state index contributed by atoms with van der Waals surface area (Å²) in [5.41, 5.74) is -0.705. The maximum atomic E-state index is 13.4. The second-order valence-electron chi connectivity index (χ2n) is 5.12. The summed E-state index contributed by atoms with van der Waals surface area (Å²) >= 11 is 0. The number of rotatable bonds is 4. The molecule has 0 saturated carbocycles. The van der Waals surface area contributed by atoms with Gasteiger partial charge in [0.2, 0.25) is 20.0 Å². The number of halogens is 1. The minimum Gasteiger partial charge on any atom is -0.258 e. The van der Waals surface area contributed by atoms with E-state index in [1.165, 1.54) is 0 Å². The molecule has 0 spiro atoms. The largest absolute Gasteiger partial charge is 0.273 e. The zero-order valence-electron chi connectivity index (χ0n) is 11.8. The maximum Gasteiger partial charge on any atom is 0.273 e. The summed E-state index contributed by atoms with van der Waals surface area (Å²) in [6, 6.07) is 1.99. The van der Waals surface area contributed by atoms with Gasteiger partial charge >= 0.3 is 0 Å². The monoisotopic (exact) mass is 367 g/mol. The lowest BCUT2D eigenvalue weighted by atomic mass is 10.2. The van der Waals surface area contributed by atoms with Gasteiger partial charge in [-0.25, -0.2) is 26.4 Å². The van der Waals surface area contributed by atoms with Gasteiger partial charge < -0.3 is 0 Å². The normalized spacial score (nSPS) is 20.3. The number of nitrogens with two attached hydrogens (primary N) is 1. The highest BCUT2D eigenvalue weighted by atomic mass is 32.2. The number of sulfonamides is 2. The van der Waals surface area contributed by atoms with E-state index < -0.39 is 46.6 Å². The summed E-state index contributed by atoms with van der Waals surface area (Å²) in [5, 5.41) is 14.7. The van der Waals surface area contributed by atoms with Crippen molar-refractivity contribution in [2.45, 2.75) is 23.0 Å². The second kappa shape index (κ2) is 6.11. The molecular formula is C11H14FN3O6S2. The molecular weight excluding hydrogens is 353 g/mol. The third-order valence-electron chi connectivity index (χ3n) is 3.51. The number of primary sulfonamides is 1. The van der Waals surface area contributed by atoms with Crippen molar-refractivity contribution in [2.75, 3.05) is 13.1 Å². The van der Waals surface area contributed by atoms with Gasteiger partial charge in [-0.05, 0) is 18.9 Å². The number of non-ortho nitro benzene ring substituents is 1. The van der Waals surface area contributed by atoms with Crippen LogP contribution < -0.4 is 5.14 Å². The molecule has 0 radical (unpaired) electrons. The average molecular weight is 367 g/mol. The molecule has 0 unspecified atom stereocenters. The van der Waals surface area contributed by atoms with Crippen LogP contribution >= 0.6 is 0 Å². The minimum absolute atomic E-state index is 0.0265. The molecule has 1 saturated heterocycles. The molecule has 23 heavy (non-hydrogen) atoms. The van der Waals surface area contributed by atoms with Crippen LogP contribution in [0.1, 0.15) is 12.8 Å². The Balaban J connectivity index is 2.40. The molecule has 128 valence electrons. The van der Waals surface area contributed by atoms with Crippen LogP contribution in [0.3, 0.4) is 0 Å². The third-order valence-corrected chi connectivity index (χ3v) is 6.67. The van der Waals surface area contributed by atoms with E-state index >= 15 is 0 Å². The van der Waals surface area contributed by atoms with Gasteiger partial charge in [-0.3, -0.25) is 10.1 Å². The van der Waals surface area contributed by atoms with E-state index in [0.29, 0.717) is 12.1 Å². The van der Waals surface area contributed by atoms with E-state index in [-0.39, 0.29) is 25.9 Å². The topological polar surface area (TPSA) is 141 Å². The molecule has 2 rings (SSSR count). The molecule has 1 aliphatic heterocycles. The van der Waals surface area contributed by atoms with Crippen molar-refractivity contribution in [1.29, 1.82) is 0 Å². The number of nitro benzene ring substituents is 1. The first kappa shape index (κ1) is 17.7. The Kier molecular flexibility index (Phi) is 4.71. The SMILES string of the molecule is NS(=O)(=O)[C@@H]1CCCN(S(=O)(=O)c2cc(F)cc([N+](=O)[O-])c2)C1. The van der Waals surface area contributed by atoms with Gasteiger partial charge in [-0.1, -0.05) is 0 Å². The van der Waals surface area contributed by atoms with Gasteiger partial charge in [0.15, 0.2) is 0 Å². The first-order chi connectivity index (χ1) is 10.5. The summed E-state index contributed by atoms with van der Waals surface area (Å²) in [5.74, 6) is -1.07. The van der Waals surface area contributed by atoms with E-state index in [2.05, 4.69) is 0 Å². The van der Waals surface area contributed by atoms with Crippen molar-refractivity contribution in [3.05, 3.63) is 34.1 Å². The van der Waals surface area contributed by atoms with Crippen molar-refractivity contribution >= 4 is 25.7 Å². The van der Waals surface area contributed by atoms with Crippen molar-refractivity contribution in [1.82, 2.24) is 4.31 Å². The van der Waals surface area contributed by atoms with Gasteiger partial charge in [0.1, 0.15) is 5.82 Å². The van der Waals surface area contributed by atoms with Gasteiger partial charge in [0.25, 0.3) is 5.69 Å². The Labute approximate surface area is 132 Å². The van der Waals surface area contributed by atoms with Crippen LogP contribution in [0.25, 0.3) is 0 Å². The maximum absolute atomic E-state index is 13.4. The highest BCUT2D eigenvalue weighted by molar-refractivity contribution is 7.90. The van der Waals surface area contributed by atoms with Gasteiger partial charge in [-0.15, -0.1) is 0 Å². The van der Waals surface area contributed by atoms with E-state index in [1.807, 2.05) is 0 Å². The fourth-order valence-electron chi connectivity index (χ4n) is 2.34. The van der Waals surface area contributed by atoms with Crippen LogP contribution in [0, 0.1) is 15.9 Å². The van der Waals surface area contributed by atoms with Crippen LogP contribution in [-0.4, -0.2) is 44.4 Å². The number of nitro groups is 1. The molecule has 12 heteroatoms. The van der Waals surface area contributed by atoms with Crippen LogP contribution in [0.4, 0.5) is 10.1 Å². The van der Waals surface area contributed by atoms with Crippen LogP contribution in [0.5, 0.6) is 0 Å². The number of benzene rings is 1. The summed E-state index contributed by atoms with van der Waals surface area (Å²) in [6.07, 6.45) is 0.478. The molecule has 1 aliphatic rings.